The average molecular weight is 305 g/mol. The summed E-state index contributed by atoms with van der Waals surface area (Å²) in [7, 11) is 0. The van der Waals surface area contributed by atoms with Gasteiger partial charge in [-0.05, 0) is 37.9 Å². The van der Waals surface area contributed by atoms with E-state index in [1.165, 1.54) is 12.8 Å². The van der Waals surface area contributed by atoms with Crippen molar-refractivity contribution >= 4 is 28.8 Å². The highest BCUT2D eigenvalue weighted by Crippen LogP contribution is 2.26. The van der Waals surface area contributed by atoms with Crippen LogP contribution in [0.25, 0.3) is 0 Å². The lowest BCUT2D eigenvalue weighted by Gasteiger charge is -2.21. The Labute approximate surface area is 131 Å². The summed E-state index contributed by atoms with van der Waals surface area (Å²) in [5.74, 6) is 0.0260. The number of nitrogens with zero attached hydrogens (tertiary/aromatic N) is 1. The fourth-order valence-electron chi connectivity index (χ4n) is 2.33. The van der Waals surface area contributed by atoms with Gasteiger partial charge in [0.15, 0.2) is 0 Å². The molecule has 0 heterocycles. The SMILES string of the molecule is CCCCN(CC(=O)Nc1cccc(C(N)=S)c1)C1CC1. The number of hydrogen-bond donors (Lipinski definition) is 2. The molecule has 2 rings (SSSR count). The van der Waals surface area contributed by atoms with Crippen molar-refractivity contribution < 1.29 is 4.79 Å². The monoisotopic (exact) mass is 305 g/mol. The number of nitrogens with one attached hydrogen (secondary N) is 1. The number of amides is 1. The van der Waals surface area contributed by atoms with Gasteiger partial charge in [0.05, 0.1) is 6.54 Å². The first kappa shape index (κ1) is 15.9. The zero-order valence-electron chi connectivity index (χ0n) is 12.5. The molecule has 1 aromatic rings. The average Bonchev–Trinajstić information content (AvgIpc) is 3.28. The van der Waals surface area contributed by atoms with Gasteiger partial charge in [-0.25, -0.2) is 0 Å². The number of carbonyl (C=O) groups excluding carboxylic acids is 1. The molecule has 21 heavy (non-hydrogen) atoms. The van der Waals surface area contributed by atoms with Gasteiger partial charge in [-0.2, -0.15) is 0 Å². The fraction of sp³-hybridized carbons (Fsp3) is 0.500. The van der Waals surface area contributed by atoms with Gasteiger partial charge in [0.2, 0.25) is 5.91 Å². The molecule has 1 fully saturated rings. The maximum Gasteiger partial charge on any atom is 0.238 e. The van der Waals surface area contributed by atoms with Gasteiger partial charge in [0, 0.05) is 17.3 Å². The smallest absolute Gasteiger partial charge is 0.238 e. The van der Waals surface area contributed by atoms with E-state index in [1.807, 2.05) is 24.3 Å². The number of rotatable bonds is 8. The number of thiocarbonyl (C=S) groups is 1. The van der Waals surface area contributed by atoms with Crippen molar-refractivity contribution in [1.29, 1.82) is 0 Å². The number of hydrogen-bond acceptors (Lipinski definition) is 3. The van der Waals surface area contributed by atoms with E-state index in [4.69, 9.17) is 18.0 Å². The van der Waals surface area contributed by atoms with Crippen LogP contribution in [-0.4, -0.2) is 34.9 Å². The van der Waals surface area contributed by atoms with Crippen molar-refractivity contribution in [2.75, 3.05) is 18.4 Å². The van der Waals surface area contributed by atoms with Gasteiger partial charge in [0.25, 0.3) is 0 Å². The normalized spacial score (nSPS) is 14.2. The van der Waals surface area contributed by atoms with Crippen LogP contribution in [0.15, 0.2) is 24.3 Å². The molecule has 1 aliphatic rings. The molecule has 3 N–H and O–H groups in total. The molecule has 1 aromatic carbocycles. The molecular weight excluding hydrogens is 282 g/mol. The lowest BCUT2D eigenvalue weighted by atomic mass is 10.2. The van der Waals surface area contributed by atoms with Gasteiger partial charge >= 0.3 is 0 Å². The number of unbranched alkanes of at least 4 members (excludes halogenated alkanes) is 1. The third kappa shape index (κ3) is 5.10. The van der Waals surface area contributed by atoms with Crippen LogP contribution in [-0.2, 0) is 4.79 Å². The highest BCUT2D eigenvalue weighted by molar-refractivity contribution is 7.80. The Morgan fingerprint density at radius 2 is 2.24 bits per heavy atom. The molecular formula is C16H23N3OS. The fourth-order valence-corrected chi connectivity index (χ4v) is 2.45. The molecule has 0 saturated heterocycles. The van der Waals surface area contributed by atoms with Gasteiger partial charge in [0.1, 0.15) is 4.99 Å². The van der Waals surface area contributed by atoms with Crippen LogP contribution in [0, 0.1) is 0 Å². The summed E-state index contributed by atoms with van der Waals surface area (Å²) in [6, 6.07) is 7.96. The number of carbonyl (C=O) groups is 1. The highest BCUT2D eigenvalue weighted by atomic mass is 32.1. The second kappa shape index (κ2) is 7.52. The van der Waals surface area contributed by atoms with Gasteiger partial charge in [-0.15, -0.1) is 0 Å². The molecule has 0 aliphatic heterocycles. The minimum absolute atomic E-state index is 0.0260. The minimum Gasteiger partial charge on any atom is -0.389 e. The molecule has 0 bridgehead atoms. The summed E-state index contributed by atoms with van der Waals surface area (Å²) in [5.41, 5.74) is 7.13. The quantitative estimate of drug-likeness (QED) is 0.725. The molecule has 1 amide bonds. The van der Waals surface area contributed by atoms with Crippen LogP contribution >= 0.6 is 12.2 Å². The highest BCUT2D eigenvalue weighted by Gasteiger charge is 2.29. The Balaban J connectivity index is 1.90. The molecule has 0 radical (unpaired) electrons. The lowest BCUT2D eigenvalue weighted by molar-refractivity contribution is -0.117. The van der Waals surface area contributed by atoms with E-state index >= 15 is 0 Å². The second-order valence-corrected chi connectivity index (χ2v) is 5.99. The third-order valence-electron chi connectivity index (χ3n) is 3.64. The predicted octanol–water partition coefficient (Wildman–Crippen LogP) is 2.52. The molecule has 0 unspecified atom stereocenters. The molecule has 1 aliphatic carbocycles. The van der Waals surface area contributed by atoms with Crippen molar-refractivity contribution in [3.05, 3.63) is 29.8 Å². The standard InChI is InChI=1S/C16H23N3OS/c1-2-3-9-19(14-7-8-14)11-15(20)18-13-6-4-5-12(10-13)16(17)21/h4-6,10,14H,2-3,7-9,11H2,1H3,(H2,17,21)(H,18,20). The summed E-state index contributed by atoms with van der Waals surface area (Å²) in [6.45, 7) is 3.63. The summed E-state index contributed by atoms with van der Waals surface area (Å²) in [5, 5.41) is 2.93. The summed E-state index contributed by atoms with van der Waals surface area (Å²) >= 11 is 4.95. The summed E-state index contributed by atoms with van der Waals surface area (Å²) < 4.78 is 0. The van der Waals surface area contributed by atoms with E-state index in [2.05, 4.69) is 17.1 Å². The molecule has 0 aromatic heterocycles. The van der Waals surface area contributed by atoms with Crippen molar-refractivity contribution in [2.24, 2.45) is 5.73 Å². The van der Waals surface area contributed by atoms with Gasteiger partial charge < -0.3 is 11.1 Å². The largest absolute Gasteiger partial charge is 0.389 e. The maximum absolute atomic E-state index is 12.2. The van der Waals surface area contributed by atoms with Crippen LogP contribution in [0.2, 0.25) is 0 Å². The Morgan fingerprint density at radius 3 is 2.86 bits per heavy atom. The van der Waals surface area contributed by atoms with Crippen LogP contribution in [0.3, 0.4) is 0 Å². The lowest BCUT2D eigenvalue weighted by Crippen LogP contribution is -2.35. The zero-order valence-corrected chi connectivity index (χ0v) is 13.3. The van der Waals surface area contributed by atoms with Crippen LogP contribution in [0.5, 0.6) is 0 Å². The first-order valence-corrected chi connectivity index (χ1v) is 7.94. The first-order chi connectivity index (χ1) is 10.1. The van der Waals surface area contributed by atoms with Gasteiger partial charge in [-0.1, -0.05) is 37.7 Å². The van der Waals surface area contributed by atoms with Crippen LogP contribution in [0.4, 0.5) is 5.69 Å². The van der Waals surface area contributed by atoms with Gasteiger partial charge in [-0.3, -0.25) is 9.69 Å². The number of nitrogens with two attached hydrogens (primary N) is 1. The summed E-state index contributed by atoms with van der Waals surface area (Å²) in [4.78, 5) is 14.8. The van der Waals surface area contributed by atoms with E-state index in [0.29, 0.717) is 17.6 Å². The molecule has 0 spiro atoms. The van der Waals surface area contributed by atoms with E-state index in [-0.39, 0.29) is 5.91 Å². The first-order valence-electron chi connectivity index (χ1n) is 7.54. The molecule has 4 nitrogen and oxygen atoms in total. The zero-order chi connectivity index (χ0) is 15.2. The van der Waals surface area contributed by atoms with Crippen molar-refractivity contribution in [1.82, 2.24) is 4.90 Å². The Hall–Kier alpha value is -1.46. The number of anilines is 1. The van der Waals surface area contributed by atoms with E-state index in [9.17, 15) is 4.79 Å². The maximum atomic E-state index is 12.2. The molecule has 0 atom stereocenters. The molecule has 1 saturated carbocycles. The Morgan fingerprint density at radius 1 is 1.48 bits per heavy atom. The topological polar surface area (TPSA) is 58.4 Å². The van der Waals surface area contributed by atoms with Crippen LogP contribution < -0.4 is 11.1 Å². The predicted molar refractivity (Wildman–Crippen MR) is 90.5 cm³/mol. The van der Waals surface area contributed by atoms with E-state index in [1.54, 1.807) is 0 Å². The summed E-state index contributed by atoms with van der Waals surface area (Å²) in [6.07, 6.45) is 4.73. The van der Waals surface area contributed by atoms with Crippen molar-refractivity contribution in [3.63, 3.8) is 0 Å². The third-order valence-corrected chi connectivity index (χ3v) is 3.88. The van der Waals surface area contributed by atoms with Crippen molar-refractivity contribution in [3.8, 4) is 0 Å². The second-order valence-electron chi connectivity index (χ2n) is 5.55. The minimum atomic E-state index is 0.0260. The molecule has 114 valence electrons. The Kier molecular flexibility index (Phi) is 5.70. The number of benzene rings is 1. The van der Waals surface area contributed by atoms with Crippen molar-refractivity contribution in [2.45, 2.75) is 38.6 Å². The van der Waals surface area contributed by atoms with Crippen LogP contribution in [0.1, 0.15) is 38.2 Å². The molecule has 5 heteroatoms. The van der Waals surface area contributed by atoms with E-state index in [0.717, 1.165) is 30.6 Å². The van der Waals surface area contributed by atoms with E-state index < -0.39 is 0 Å². The Bertz CT molecular complexity index is 514.